The second kappa shape index (κ2) is 6.59. The van der Waals surface area contributed by atoms with E-state index in [1.54, 1.807) is 12.1 Å². The van der Waals surface area contributed by atoms with Gasteiger partial charge < -0.3 is 15.0 Å². The zero-order valence-corrected chi connectivity index (χ0v) is 11.9. The number of rotatable bonds is 3. The van der Waals surface area contributed by atoms with Crippen LogP contribution in [0.15, 0.2) is 24.3 Å². The fourth-order valence-electron chi connectivity index (χ4n) is 2.69. The summed E-state index contributed by atoms with van der Waals surface area (Å²) in [5, 5.41) is 2.87. The van der Waals surface area contributed by atoms with Crippen LogP contribution < -0.4 is 10.2 Å². The predicted octanol–water partition coefficient (Wildman–Crippen LogP) is 2.79. The molecule has 1 amide bonds. The van der Waals surface area contributed by atoms with E-state index in [9.17, 15) is 9.18 Å². The monoisotopic (exact) mass is 280 g/mol. The van der Waals surface area contributed by atoms with Gasteiger partial charge in [0.1, 0.15) is 5.82 Å². The van der Waals surface area contributed by atoms with Gasteiger partial charge in [-0.3, -0.25) is 0 Å². The molecular weight excluding hydrogens is 259 g/mol. The number of anilines is 1. The second-order valence-electron chi connectivity index (χ2n) is 5.22. The highest BCUT2D eigenvalue weighted by atomic mass is 19.1. The largest absolute Gasteiger partial charge is 0.453 e. The van der Waals surface area contributed by atoms with Crippen molar-refractivity contribution in [2.45, 2.75) is 25.8 Å². The highest BCUT2D eigenvalue weighted by Crippen LogP contribution is 2.25. The summed E-state index contributed by atoms with van der Waals surface area (Å²) in [5.74, 6) is 0.276. The minimum Gasteiger partial charge on any atom is -0.453 e. The SMILES string of the molecule is CCC1CC(NC(=O)OC)CN(c2ccc(F)cc2)C1. The van der Waals surface area contributed by atoms with Crippen LogP contribution in [0.3, 0.4) is 0 Å². The number of amides is 1. The van der Waals surface area contributed by atoms with Crippen LogP contribution in [0.5, 0.6) is 0 Å². The van der Waals surface area contributed by atoms with Crippen molar-refractivity contribution >= 4 is 11.8 Å². The van der Waals surface area contributed by atoms with Crippen molar-refractivity contribution in [1.82, 2.24) is 5.32 Å². The Hall–Kier alpha value is -1.78. The number of nitrogens with zero attached hydrogens (tertiary/aromatic N) is 1. The normalized spacial score (nSPS) is 22.4. The number of hydrogen-bond acceptors (Lipinski definition) is 3. The zero-order valence-electron chi connectivity index (χ0n) is 11.9. The number of ether oxygens (including phenoxy) is 1. The van der Waals surface area contributed by atoms with Gasteiger partial charge in [-0.1, -0.05) is 13.3 Å². The van der Waals surface area contributed by atoms with Gasteiger partial charge in [-0.15, -0.1) is 0 Å². The van der Waals surface area contributed by atoms with E-state index in [-0.39, 0.29) is 11.9 Å². The predicted molar refractivity (Wildman–Crippen MR) is 76.3 cm³/mol. The first-order valence-electron chi connectivity index (χ1n) is 6.97. The fourth-order valence-corrected chi connectivity index (χ4v) is 2.69. The molecule has 1 N–H and O–H groups in total. The molecule has 1 aromatic rings. The smallest absolute Gasteiger partial charge is 0.407 e. The van der Waals surface area contributed by atoms with E-state index >= 15 is 0 Å². The van der Waals surface area contributed by atoms with Crippen LogP contribution in [-0.4, -0.2) is 32.3 Å². The number of hydrogen-bond donors (Lipinski definition) is 1. The van der Waals surface area contributed by atoms with Crippen LogP contribution >= 0.6 is 0 Å². The van der Waals surface area contributed by atoms with Crippen LogP contribution in [0.25, 0.3) is 0 Å². The Bertz CT molecular complexity index is 450. The minimum absolute atomic E-state index is 0.0613. The second-order valence-corrected chi connectivity index (χ2v) is 5.22. The van der Waals surface area contributed by atoms with Crippen molar-refractivity contribution in [3.05, 3.63) is 30.1 Å². The van der Waals surface area contributed by atoms with Crippen LogP contribution in [0.2, 0.25) is 0 Å². The molecule has 2 atom stereocenters. The van der Waals surface area contributed by atoms with Gasteiger partial charge in [0, 0.05) is 24.8 Å². The lowest BCUT2D eigenvalue weighted by molar-refractivity contribution is 0.162. The van der Waals surface area contributed by atoms with Crippen molar-refractivity contribution in [3.63, 3.8) is 0 Å². The topological polar surface area (TPSA) is 41.6 Å². The molecule has 1 heterocycles. The van der Waals surface area contributed by atoms with Crippen molar-refractivity contribution in [2.75, 3.05) is 25.1 Å². The first kappa shape index (κ1) is 14.6. The number of carbonyl (C=O) groups excluding carboxylic acids is 1. The summed E-state index contributed by atoms with van der Waals surface area (Å²) in [7, 11) is 1.37. The van der Waals surface area contributed by atoms with E-state index in [0.29, 0.717) is 5.92 Å². The molecule has 1 fully saturated rings. The number of piperidine rings is 1. The molecule has 2 unspecified atom stereocenters. The summed E-state index contributed by atoms with van der Waals surface area (Å²) < 4.78 is 17.7. The van der Waals surface area contributed by atoms with E-state index in [4.69, 9.17) is 0 Å². The van der Waals surface area contributed by atoms with Crippen molar-refractivity contribution in [3.8, 4) is 0 Å². The third-order valence-electron chi connectivity index (χ3n) is 3.81. The lowest BCUT2D eigenvalue weighted by Crippen LogP contribution is -2.50. The number of alkyl carbamates (subject to hydrolysis) is 1. The van der Waals surface area contributed by atoms with E-state index in [1.165, 1.54) is 19.2 Å². The molecule has 0 spiro atoms. The molecule has 0 aliphatic carbocycles. The van der Waals surface area contributed by atoms with Gasteiger partial charge in [-0.05, 0) is 36.6 Å². The molecule has 5 heteroatoms. The van der Waals surface area contributed by atoms with Crippen molar-refractivity contribution in [1.29, 1.82) is 0 Å². The summed E-state index contributed by atoms with van der Waals surface area (Å²) in [4.78, 5) is 13.6. The molecule has 1 aliphatic rings. The van der Waals surface area contributed by atoms with Gasteiger partial charge >= 0.3 is 6.09 Å². The van der Waals surface area contributed by atoms with E-state index in [1.807, 2.05) is 0 Å². The van der Waals surface area contributed by atoms with Gasteiger partial charge in [0.15, 0.2) is 0 Å². The van der Waals surface area contributed by atoms with Gasteiger partial charge in [-0.2, -0.15) is 0 Å². The maximum Gasteiger partial charge on any atom is 0.407 e. The van der Waals surface area contributed by atoms with Crippen molar-refractivity contribution < 1.29 is 13.9 Å². The quantitative estimate of drug-likeness (QED) is 0.925. The first-order chi connectivity index (χ1) is 9.62. The van der Waals surface area contributed by atoms with Crippen LogP contribution in [0.1, 0.15) is 19.8 Å². The van der Waals surface area contributed by atoms with Gasteiger partial charge in [0.25, 0.3) is 0 Å². The molecule has 110 valence electrons. The highest BCUT2D eigenvalue weighted by molar-refractivity contribution is 5.67. The number of benzene rings is 1. The summed E-state index contributed by atoms with van der Waals surface area (Å²) in [6.45, 7) is 3.80. The van der Waals surface area contributed by atoms with Crippen LogP contribution in [0, 0.1) is 11.7 Å². The van der Waals surface area contributed by atoms with Crippen molar-refractivity contribution in [2.24, 2.45) is 5.92 Å². The fraction of sp³-hybridized carbons (Fsp3) is 0.533. The van der Waals surface area contributed by atoms with Crippen LogP contribution in [-0.2, 0) is 4.74 Å². The third-order valence-corrected chi connectivity index (χ3v) is 3.81. The number of methoxy groups -OCH3 is 1. The Morgan fingerprint density at radius 1 is 1.40 bits per heavy atom. The molecule has 0 saturated carbocycles. The Kier molecular flexibility index (Phi) is 4.82. The molecule has 2 rings (SSSR count). The molecule has 1 aliphatic heterocycles. The minimum atomic E-state index is -0.397. The van der Waals surface area contributed by atoms with Gasteiger partial charge in [-0.25, -0.2) is 9.18 Å². The molecule has 0 bridgehead atoms. The molecule has 0 aromatic heterocycles. The third kappa shape index (κ3) is 3.62. The number of carbonyl (C=O) groups is 1. The van der Waals surface area contributed by atoms with E-state index in [2.05, 4.69) is 21.9 Å². The zero-order chi connectivity index (χ0) is 14.5. The Morgan fingerprint density at radius 2 is 2.10 bits per heavy atom. The molecule has 1 saturated heterocycles. The van der Waals surface area contributed by atoms with Crippen LogP contribution in [0.4, 0.5) is 14.9 Å². The van der Waals surface area contributed by atoms with Gasteiger partial charge in [0.2, 0.25) is 0 Å². The summed E-state index contributed by atoms with van der Waals surface area (Å²) in [6, 6.07) is 6.55. The lowest BCUT2D eigenvalue weighted by Gasteiger charge is -2.39. The summed E-state index contributed by atoms with van der Waals surface area (Å²) in [5.41, 5.74) is 0.987. The molecule has 4 nitrogen and oxygen atoms in total. The molecular formula is C15H21FN2O2. The number of halogens is 1. The summed E-state index contributed by atoms with van der Waals surface area (Å²) >= 11 is 0. The Balaban J connectivity index is 2.08. The Labute approximate surface area is 118 Å². The van der Waals surface area contributed by atoms with E-state index < -0.39 is 6.09 Å². The molecule has 0 radical (unpaired) electrons. The lowest BCUT2D eigenvalue weighted by atomic mass is 9.92. The molecule has 1 aromatic carbocycles. The highest BCUT2D eigenvalue weighted by Gasteiger charge is 2.27. The molecule has 20 heavy (non-hydrogen) atoms. The average molecular weight is 280 g/mol. The van der Waals surface area contributed by atoms with Gasteiger partial charge in [0.05, 0.1) is 7.11 Å². The average Bonchev–Trinajstić information content (AvgIpc) is 2.47. The Morgan fingerprint density at radius 3 is 2.70 bits per heavy atom. The van der Waals surface area contributed by atoms with E-state index in [0.717, 1.165) is 31.6 Å². The maximum atomic E-state index is 13.0. The standard InChI is InChI=1S/C15H21FN2O2/c1-3-11-8-13(17-15(19)20-2)10-18(9-11)14-6-4-12(16)5-7-14/h4-7,11,13H,3,8-10H2,1-2H3,(H,17,19). The first-order valence-corrected chi connectivity index (χ1v) is 6.97. The number of nitrogens with one attached hydrogen (secondary N) is 1. The maximum absolute atomic E-state index is 13.0. The summed E-state index contributed by atoms with van der Waals surface area (Å²) in [6.07, 6.45) is 1.60.